The molecule has 5 heteroatoms. The summed E-state index contributed by atoms with van der Waals surface area (Å²) >= 11 is 0. The van der Waals surface area contributed by atoms with E-state index in [1.165, 1.54) is 0 Å². The molecule has 0 bridgehead atoms. The Kier molecular flexibility index (Phi) is 5.56. The predicted octanol–water partition coefficient (Wildman–Crippen LogP) is 1.62. The number of carbonyl (C=O) groups excluding carboxylic acids is 1. The van der Waals surface area contributed by atoms with Gasteiger partial charge in [-0.2, -0.15) is 0 Å². The number of aliphatic hydroxyl groups is 2. The van der Waals surface area contributed by atoms with Gasteiger partial charge in [-0.1, -0.05) is 39.0 Å². The summed E-state index contributed by atoms with van der Waals surface area (Å²) in [7, 11) is 0. The second-order valence-corrected chi connectivity index (χ2v) is 6.19. The van der Waals surface area contributed by atoms with Crippen LogP contribution < -0.4 is 0 Å². The highest BCUT2D eigenvalue weighted by Crippen LogP contribution is 2.29. The fourth-order valence-electron chi connectivity index (χ4n) is 2.71. The predicted molar refractivity (Wildman–Crippen MR) is 81.4 cm³/mol. The van der Waals surface area contributed by atoms with E-state index in [4.69, 9.17) is 9.47 Å². The van der Waals surface area contributed by atoms with Crippen molar-refractivity contribution in [3.63, 3.8) is 0 Å². The molecule has 0 radical (unpaired) electrons. The molecule has 22 heavy (non-hydrogen) atoms. The molecule has 0 saturated carbocycles. The van der Waals surface area contributed by atoms with Crippen LogP contribution in [0.3, 0.4) is 0 Å². The Bertz CT molecular complexity index is 487. The molecule has 5 nitrogen and oxygen atoms in total. The fraction of sp³-hybridized carbons (Fsp3) is 0.588. The third-order valence-corrected chi connectivity index (χ3v) is 4.17. The topological polar surface area (TPSA) is 76.0 Å². The number of esters is 1. The van der Waals surface area contributed by atoms with Crippen molar-refractivity contribution < 1.29 is 24.5 Å². The number of benzene rings is 1. The van der Waals surface area contributed by atoms with E-state index in [1.54, 1.807) is 31.2 Å². The van der Waals surface area contributed by atoms with Crippen molar-refractivity contribution >= 4 is 5.97 Å². The average Bonchev–Trinajstić information content (AvgIpc) is 2.52. The second-order valence-electron chi connectivity index (χ2n) is 6.19. The Balaban J connectivity index is 1.98. The average molecular weight is 308 g/mol. The highest BCUT2D eigenvalue weighted by atomic mass is 16.6. The van der Waals surface area contributed by atoms with Crippen LogP contribution in [-0.2, 0) is 9.47 Å². The Labute approximate surface area is 130 Å². The lowest BCUT2D eigenvalue weighted by molar-refractivity contribution is -0.216. The van der Waals surface area contributed by atoms with Crippen LogP contribution in [0.25, 0.3) is 0 Å². The van der Waals surface area contributed by atoms with Crippen LogP contribution in [0.2, 0.25) is 0 Å². The summed E-state index contributed by atoms with van der Waals surface area (Å²) in [6.45, 7) is 5.64. The normalized spacial score (nSPS) is 32.0. The van der Waals surface area contributed by atoms with Crippen molar-refractivity contribution in [3.05, 3.63) is 35.9 Å². The first-order chi connectivity index (χ1) is 10.4. The summed E-state index contributed by atoms with van der Waals surface area (Å²) < 4.78 is 11.0. The fourth-order valence-corrected chi connectivity index (χ4v) is 2.71. The van der Waals surface area contributed by atoms with Gasteiger partial charge in [-0.25, -0.2) is 4.79 Å². The summed E-state index contributed by atoms with van der Waals surface area (Å²) in [6, 6.07) is 8.68. The van der Waals surface area contributed by atoms with E-state index in [2.05, 4.69) is 0 Å². The van der Waals surface area contributed by atoms with Crippen molar-refractivity contribution in [2.24, 2.45) is 11.8 Å². The van der Waals surface area contributed by atoms with E-state index in [-0.39, 0.29) is 24.5 Å². The molecule has 1 aliphatic heterocycles. The Morgan fingerprint density at radius 3 is 2.45 bits per heavy atom. The van der Waals surface area contributed by atoms with Gasteiger partial charge >= 0.3 is 5.97 Å². The first kappa shape index (κ1) is 16.9. The number of hydrogen-bond donors (Lipinski definition) is 2. The summed E-state index contributed by atoms with van der Waals surface area (Å²) in [4.78, 5) is 11.9. The molecule has 2 rings (SSSR count). The lowest BCUT2D eigenvalue weighted by atomic mass is 9.84. The molecule has 0 aliphatic carbocycles. The van der Waals surface area contributed by atoms with Gasteiger partial charge < -0.3 is 19.7 Å². The van der Waals surface area contributed by atoms with Crippen LogP contribution in [0.1, 0.15) is 31.1 Å². The minimum Gasteiger partial charge on any atom is -0.459 e. The molecule has 1 aromatic carbocycles. The molecule has 2 N–H and O–H groups in total. The maximum Gasteiger partial charge on any atom is 0.338 e. The number of ether oxygens (including phenoxy) is 2. The number of rotatable bonds is 4. The molecule has 1 saturated heterocycles. The molecule has 122 valence electrons. The van der Waals surface area contributed by atoms with E-state index in [1.807, 2.05) is 19.9 Å². The monoisotopic (exact) mass is 308 g/mol. The van der Waals surface area contributed by atoms with Crippen molar-refractivity contribution in [3.8, 4) is 0 Å². The van der Waals surface area contributed by atoms with Gasteiger partial charge in [-0.15, -0.1) is 0 Å². The number of aliphatic hydroxyl groups excluding tert-OH is 2. The van der Waals surface area contributed by atoms with Crippen molar-refractivity contribution in [2.75, 3.05) is 6.61 Å². The van der Waals surface area contributed by atoms with E-state index >= 15 is 0 Å². The van der Waals surface area contributed by atoms with E-state index in [0.29, 0.717) is 5.56 Å². The molecule has 1 fully saturated rings. The molecule has 1 heterocycles. The minimum absolute atomic E-state index is 0.0326. The second kappa shape index (κ2) is 7.22. The molecule has 0 unspecified atom stereocenters. The first-order valence-corrected chi connectivity index (χ1v) is 7.65. The smallest absolute Gasteiger partial charge is 0.338 e. The molecule has 5 atom stereocenters. The maximum atomic E-state index is 11.9. The van der Waals surface area contributed by atoms with Gasteiger partial charge in [0.05, 0.1) is 23.9 Å². The van der Waals surface area contributed by atoms with E-state index in [9.17, 15) is 15.0 Å². The molecular formula is C17H24O5. The summed E-state index contributed by atoms with van der Waals surface area (Å²) in [5.74, 6) is -0.671. The van der Waals surface area contributed by atoms with Crippen LogP contribution in [0.15, 0.2) is 30.3 Å². The highest BCUT2D eigenvalue weighted by Gasteiger charge is 2.43. The molecule has 1 aromatic rings. The maximum absolute atomic E-state index is 11.9. The van der Waals surface area contributed by atoms with Gasteiger partial charge in [-0.3, -0.25) is 0 Å². The molecule has 1 aliphatic rings. The Morgan fingerprint density at radius 1 is 1.23 bits per heavy atom. The van der Waals surface area contributed by atoms with Gasteiger partial charge in [0.2, 0.25) is 0 Å². The van der Waals surface area contributed by atoms with Gasteiger partial charge in [-0.05, 0) is 18.1 Å². The van der Waals surface area contributed by atoms with Crippen molar-refractivity contribution in [1.29, 1.82) is 0 Å². The summed E-state index contributed by atoms with van der Waals surface area (Å²) in [6.07, 6.45) is -2.60. The zero-order chi connectivity index (χ0) is 16.3. The van der Waals surface area contributed by atoms with Crippen molar-refractivity contribution in [1.82, 2.24) is 0 Å². The van der Waals surface area contributed by atoms with Crippen LogP contribution >= 0.6 is 0 Å². The summed E-state index contributed by atoms with van der Waals surface area (Å²) in [5, 5.41) is 20.4. The zero-order valence-electron chi connectivity index (χ0n) is 13.2. The van der Waals surface area contributed by atoms with Crippen LogP contribution in [0.5, 0.6) is 0 Å². The van der Waals surface area contributed by atoms with Gasteiger partial charge in [0.25, 0.3) is 0 Å². The lowest BCUT2D eigenvalue weighted by Crippen LogP contribution is -2.56. The zero-order valence-corrected chi connectivity index (χ0v) is 13.2. The van der Waals surface area contributed by atoms with Crippen LogP contribution in [0, 0.1) is 11.8 Å². The molecule has 0 amide bonds. The molecular weight excluding hydrogens is 284 g/mol. The third kappa shape index (κ3) is 3.66. The minimum atomic E-state index is -0.867. The first-order valence-electron chi connectivity index (χ1n) is 7.65. The van der Waals surface area contributed by atoms with Gasteiger partial charge in [0.15, 0.2) is 0 Å². The van der Waals surface area contributed by atoms with E-state index < -0.39 is 24.3 Å². The Hall–Kier alpha value is -1.43. The lowest BCUT2D eigenvalue weighted by Gasteiger charge is -2.43. The van der Waals surface area contributed by atoms with Crippen LogP contribution in [0.4, 0.5) is 0 Å². The molecule has 0 aromatic heterocycles. The third-order valence-electron chi connectivity index (χ3n) is 4.17. The van der Waals surface area contributed by atoms with Crippen LogP contribution in [-0.4, -0.2) is 47.2 Å². The number of carbonyl (C=O) groups is 1. The largest absolute Gasteiger partial charge is 0.459 e. The van der Waals surface area contributed by atoms with E-state index in [0.717, 1.165) is 0 Å². The standard InChI is InChI=1S/C17H24O5/c1-10(2)16-15(19)11(3)14(18)13(22-16)9-21-17(20)12-7-5-4-6-8-12/h4-8,10-11,13-16,18-19H,9H2,1-3H3/t11-,13+,14-,15+,16-/m0/s1. The Morgan fingerprint density at radius 2 is 1.86 bits per heavy atom. The highest BCUT2D eigenvalue weighted by molar-refractivity contribution is 5.89. The van der Waals surface area contributed by atoms with Gasteiger partial charge in [0.1, 0.15) is 12.7 Å². The summed E-state index contributed by atoms with van der Waals surface area (Å²) in [5.41, 5.74) is 0.460. The van der Waals surface area contributed by atoms with Gasteiger partial charge in [0, 0.05) is 5.92 Å². The molecule has 0 spiro atoms. The van der Waals surface area contributed by atoms with Crippen molar-refractivity contribution in [2.45, 2.75) is 45.2 Å². The quantitative estimate of drug-likeness (QED) is 0.827. The number of hydrogen-bond acceptors (Lipinski definition) is 5. The SMILES string of the molecule is CC(C)[C@@H]1O[C@H](COC(=O)c2ccccc2)[C@@H](O)[C@H](C)[C@H]1O.